The summed E-state index contributed by atoms with van der Waals surface area (Å²) in [5, 5.41) is 0.697. The normalized spacial score (nSPS) is 11.7. The quantitative estimate of drug-likeness (QED) is 0.570. The third kappa shape index (κ3) is 4.26. The first-order chi connectivity index (χ1) is 11.6. The number of hydrogen-bond acceptors (Lipinski definition) is 6. The van der Waals surface area contributed by atoms with Gasteiger partial charge in [0.15, 0.2) is 9.99 Å². The molecule has 6 nitrogen and oxygen atoms in total. The molecule has 0 aliphatic carbocycles. The van der Waals surface area contributed by atoms with Crippen molar-refractivity contribution in [2.45, 2.75) is 18.1 Å². The molecular weight excluding hydrogens is 358 g/mol. The number of aryl methyl sites for hydroxylation is 2. The van der Waals surface area contributed by atoms with E-state index in [1.807, 2.05) is 14.1 Å². The molecule has 0 N–H and O–H groups in total. The van der Waals surface area contributed by atoms with Crippen LogP contribution in [0.3, 0.4) is 0 Å². The molecule has 1 aromatic heterocycles. The lowest BCUT2D eigenvalue weighted by atomic mass is 10.1. The molecule has 0 unspecified atom stereocenters. The van der Waals surface area contributed by atoms with Crippen molar-refractivity contribution in [3.8, 4) is 0 Å². The molecule has 0 saturated carbocycles. The molecule has 0 saturated heterocycles. The second kappa shape index (κ2) is 7.37. The Morgan fingerprint density at radius 3 is 2.44 bits per heavy atom. The topological polar surface area (TPSA) is 70.6 Å². The molecule has 0 amide bonds. The number of nitrogens with zero attached hydrogens (tertiary/aromatic N) is 3. The van der Waals surface area contributed by atoms with Crippen molar-refractivity contribution >= 4 is 32.8 Å². The van der Waals surface area contributed by atoms with Crippen molar-refractivity contribution in [2.24, 2.45) is 0 Å². The van der Waals surface area contributed by atoms with Gasteiger partial charge in [0.25, 0.3) is 10.0 Å². The summed E-state index contributed by atoms with van der Waals surface area (Å²) in [6.07, 6.45) is 3.10. The molecule has 25 heavy (non-hydrogen) atoms. The highest BCUT2D eigenvalue weighted by Gasteiger charge is 2.26. The Balaban J connectivity index is 2.37. The number of carbonyl (C=O) groups excluding carboxylic acids is 1. The highest BCUT2D eigenvalue weighted by molar-refractivity contribution is 7.94. The van der Waals surface area contributed by atoms with Gasteiger partial charge in [-0.25, -0.2) is 13.4 Å². The second-order valence-electron chi connectivity index (χ2n) is 5.77. The minimum absolute atomic E-state index is 0.189. The maximum atomic E-state index is 12.9. The van der Waals surface area contributed by atoms with Gasteiger partial charge in [-0.05, 0) is 26.0 Å². The highest BCUT2D eigenvalue weighted by atomic mass is 32.2. The first kappa shape index (κ1) is 19.1. The van der Waals surface area contributed by atoms with Gasteiger partial charge in [0.1, 0.15) is 0 Å². The summed E-state index contributed by atoms with van der Waals surface area (Å²) in [7, 11) is 1.40. The number of ketones is 1. The molecule has 8 heteroatoms. The smallest absolute Gasteiger partial charge is 0.275 e. The number of aromatic nitrogens is 1. The predicted molar refractivity (Wildman–Crippen MR) is 101 cm³/mol. The van der Waals surface area contributed by atoms with E-state index in [0.717, 1.165) is 11.3 Å². The lowest BCUT2D eigenvalue weighted by Gasteiger charge is -2.19. The van der Waals surface area contributed by atoms with Crippen LogP contribution in [0.25, 0.3) is 0 Å². The SMILES string of the molecule is Cc1nc(C)c(S(=O)(=O)N(C)c2cccc(C(=O)/C=C/N(C)C)c2)s1. The third-order valence-corrected chi connectivity index (χ3v) is 6.92. The second-order valence-corrected chi connectivity index (χ2v) is 9.14. The van der Waals surface area contributed by atoms with Gasteiger partial charge in [0.2, 0.25) is 0 Å². The van der Waals surface area contributed by atoms with Gasteiger partial charge in [-0.15, -0.1) is 11.3 Å². The van der Waals surface area contributed by atoms with Crippen LogP contribution in [0.15, 0.2) is 40.8 Å². The number of rotatable bonds is 6. The van der Waals surface area contributed by atoms with E-state index in [1.54, 1.807) is 49.2 Å². The molecule has 1 aromatic carbocycles. The van der Waals surface area contributed by atoms with Gasteiger partial charge in [-0.2, -0.15) is 0 Å². The van der Waals surface area contributed by atoms with Crippen LogP contribution < -0.4 is 4.31 Å². The maximum Gasteiger partial charge on any atom is 0.275 e. The number of sulfonamides is 1. The van der Waals surface area contributed by atoms with Crippen LogP contribution in [0.1, 0.15) is 21.1 Å². The molecule has 1 heterocycles. The van der Waals surface area contributed by atoms with E-state index >= 15 is 0 Å². The Hall–Kier alpha value is -2.19. The van der Waals surface area contributed by atoms with E-state index < -0.39 is 10.0 Å². The van der Waals surface area contributed by atoms with Crippen molar-refractivity contribution in [3.63, 3.8) is 0 Å². The third-order valence-electron chi connectivity index (χ3n) is 3.47. The Morgan fingerprint density at radius 2 is 1.88 bits per heavy atom. The van der Waals surface area contributed by atoms with E-state index in [2.05, 4.69) is 4.98 Å². The molecular formula is C17H21N3O3S2. The van der Waals surface area contributed by atoms with Crippen LogP contribution >= 0.6 is 11.3 Å². The molecule has 0 bridgehead atoms. The molecule has 0 aliphatic rings. The van der Waals surface area contributed by atoms with Crippen molar-refractivity contribution in [1.29, 1.82) is 0 Å². The number of carbonyl (C=O) groups is 1. The summed E-state index contributed by atoms with van der Waals surface area (Å²) >= 11 is 1.14. The van der Waals surface area contributed by atoms with Crippen molar-refractivity contribution in [3.05, 3.63) is 52.8 Å². The van der Waals surface area contributed by atoms with Crippen LogP contribution in [-0.2, 0) is 10.0 Å². The molecule has 0 radical (unpaired) electrons. The van der Waals surface area contributed by atoms with Gasteiger partial charge in [-0.1, -0.05) is 12.1 Å². The molecule has 0 spiro atoms. The number of thiazole rings is 1. The van der Waals surface area contributed by atoms with E-state index in [0.29, 0.717) is 22.0 Å². The average molecular weight is 380 g/mol. The fourth-order valence-electron chi connectivity index (χ4n) is 2.18. The zero-order valence-corrected chi connectivity index (χ0v) is 16.5. The van der Waals surface area contributed by atoms with Crippen LogP contribution in [0.2, 0.25) is 0 Å². The average Bonchev–Trinajstić information content (AvgIpc) is 2.91. The number of anilines is 1. The van der Waals surface area contributed by atoms with Crippen LogP contribution in [-0.4, -0.2) is 45.2 Å². The summed E-state index contributed by atoms with van der Waals surface area (Å²) in [5.41, 5.74) is 1.33. The van der Waals surface area contributed by atoms with Crippen molar-refractivity contribution < 1.29 is 13.2 Å². The van der Waals surface area contributed by atoms with E-state index in [1.165, 1.54) is 17.4 Å². The molecule has 134 valence electrons. The van der Waals surface area contributed by atoms with Crippen LogP contribution in [0, 0.1) is 13.8 Å². The Kier molecular flexibility index (Phi) is 5.64. The van der Waals surface area contributed by atoms with Gasteiger partial charge in [0, 0.05) is 39.0 Å². The first-order valence-electron chi connectivity index (χ1n) is 7.55. The Labute approximate surface area is 152 Å². The lowest BCUT2D eigenvalue weighted by Crippen LogP contribution is -2.26. The largest absolute Gasteiger partial charge is 0.383 e. The zero-order chi connectivity index (χ0) is 18.8. The molecule has 2 rings (SSSR count). The first-order valence-corrected chi connectivity index (χ1v) is 9.80. The Morgan fingerprint density at radius 1 is 1.20 bits per heavy atom. The van der Waals surface area contributed by atoms with E-state index in [9.17, 15) is 13.2 Å². The van der Waals surface area contributed by atoms with Crippen molar-refractivity contribution in [1.82, 2.24) is 9.88 Å². The number of hydrogen-bond donors (Lipinski definition) is 0. The fraction of sp³-hybridized carbons (Fsp3) is 0.294. The molecule has 0 atom stereocenters. The standard InChI is InChI=1S/C17H21N3O3S2/c1-12-17(24-13(2)18-12)25(22,23)20(5)15-8-6-7-14(11-15)16(21)9-10-19(3)4/h6-11H,1-5H3/b10-9+. The number of benzene rings is 1. The van der Waals surface area contributed by atoms with Crippen molar-refractivity contribution in [2.75, 3.05) is 25.4 Å². The zero-order valence-electron chi connectivity index (χ0n) is 14.8. The highest BCUT2D eigenvalue weighted by Crippen LogP contribution is 2.29. The summed E-state index contributed by atoms with van der Waals surface area (Å²) in [5.74, 6) is -0.189. The Bertz CT molecular complexity index is 915. The summed E-state index contributed by atoms with van der Waals surface area (Å²) < 4.78 is 27.1. The van der Waals surface area contributed by atoms with Crippen LogP contribution in [0.5, 0.6) is 0 Å². The lowest BCUT2D eigenvalue weighted by molar-refractivity contribution is 0.104. The monoisotopic (exact) mass is 379 g/mol. The van der Waals surface area contributed by atoms with Gasteiger partial charge < -0.3 is 4.90 Å². The minimum atomic E-state index is -3.72. The number of allylic oxidation sites excluding steroid dienone is 1. The maximum absolute atomic E-state index is 12.9. The summed E-state index contributed by atoms with van der Waals surface area (Å²) in [6.45, 7) is 3.45. The fourth-order valence-corrected chi connectivity index (χ4v) is 5.00. The predicted octanol–water partition coefficient (Wildman–Crippen LogP) is 2.84. The molecule has 2 aromatic rings. The molecule has 0 fully saturated rings. The summed E-state index contributed by atoms with van der Waals surface area (Å²) in [6, 6.07) is 6.56. The van der Waals surface area contributed by atoms with E-state index in [-0.39, 0.29) is 9.99 Å². The van der Waals surface area contributed by atoms with Crippen LogP contribution in [0.4, 0.5) is 5.69 Å². The summed E-state index contributed by atoms with van der Waals surface area (Å²) in [4.78, 5) is 18.2. The van der Waals surface area contributed by atoms with Gasteiger partial charge in [-0.3, -0.25) is 9.10 Å². The van der Waals surface area contributed by atoms with E-state index in [4.69, 9.17) is 0 Å². The van der Waals surface area contributed by atoms with Gasteiger partial charge >= 0.3 is 0 Å². The minimum Gasteiger partial charge on any atom is -0.383 e. The van der Waals surface area contributed by atoms with Gasteiger partial charge in [0.05, 0.1) is 16.4 Å². The molecule has 0 aliphatic heterocycles.